The molecule has 1 N–H and O–H groups in total. The van der Waals surface area contributed by atoms with Gasteiger partial charge in [-0.2, -0.15) is 16.1 Å². The number of hydrogen-bond donors (Lipinski definition) is 1. The Kier molecular flexibility index (Phi) is 4.97. The Bertz CT molecular complexity index is 617. The molecule has 0 spiro atoms. The van der Waals surface area contributed by atoms with E-state index >= 15 is 0 Å². The van der Waals surface area contributed by atoms with E-state index in [4.69, 9.17) is 0 Å². The van der Waals surface area contributed by atoms with Gasteiger partial charge >= 0.3 is 0 Å². The maximum atomic E-state index is 13.4. The highest BCUT2D eigenvalue weighted by Crippen LogP contribution is 2.33. The van der Waals surface area contributed by atoms with Crippen molar-refractivity contribution in [3.63, 3.8) is 0 Å². The monoisotopic (exact) mass is 333 g/mol. The highest BCUT2D eigenvalue weighted by Gasteiger charge is 2.32. The molecule has 0 unspecified atom stereocenters. The summed E-state index contributed by atoms with van der Waals surface area (Å²) in [5, 5.41) is 9.30. The number of halogens is 1. The van der Waals surface area contributed by atoms with E-state index in [0.29, 0.717) is 18.8 Å². The molecule has 1 aliphatic rings. The normalized spacial score (nSPS) is 20.2. The van der Waals surface area contributed by atoms with Crippen molar-refractivity contribution in [3.05, 3.63) is 29.6 Å². The molecule has 0 atom stereocenters. The van der Waals surface area contributed by atoms with Crippen LogP contribution in [0.2, 0.25) is 0 Å². The van der Waals surface area contributed by atoms with E-state index in [1.807, 2.05) is 0 Å². The molecule has 0 radical (unpaired) electrons. The summed E-state index contributed by atoms with van der Waals surface area (Å²) in [4.78, 5) is -0.130. The number of aliphatic hydroxyl groups excluding tert-OH is 1. The van der Waals surface area contributed by atoms with Crippen molar-refractivity contribution < 1.29 is 17.9 Å². The van der Waals surface area contributed by atoms with Crippen LogP contribution in [0, 0.1) is 5.82 Å². The van der Waals surface area contributed by atoms with E-state index in [-0.39, 0.29) is 15.2 Å². The molecule has 1 aromatic rings. The molecule has 1 heterocycles. The summed E-state index contributed by atoms with van der Waals surface area (Å²) in [6, 6.07) is 3.47. The minimum Gasteiger partial charge on any atom is -0.392 e. The summed E-state index contributed by atoms with van der Waals surface area (Å²) in [6.45, 7) is 4.56. The zero-order valence-corrected chi connectivity index (χ0v) is 13.8. The summed E-state index contributed by atoms with van der Waals surface area (Å²) in [7, 11) is -3.78. The fourth-order valence-corrected chi connectivity index (χ4v) is 5.16. The molecule has 1 saturated heterocycles. The lowest BCUT2D eigenvalue weighted by Gasteiger charge is -2.23. The molecule has 1 fully saturated rings. The summed E-state index contributed by atoms with van der Waals surface area (Å²) in [6.07, 6.45) is 0.737. The lowest BCUT2D eigenvalue weighted by molar-refractivity contribution is 0.277. The molecule has 21 heavy (non-hydrogen) atoms. The third-order valence-electron chi connectivity index (χ3n) is 3.61. The van der Waals surface area contributed by atoms with Gasteiger partial charge in [0.2, 0.25) is 10.0 Å². The largest absolute Gasteiger partial charge is 0.392 e. The Morgan fingerprint density at radius 2 is 2.10 bits per heavy atom. The van der Waals surface area contributed by atoms with Crippen molar-refractivity contribution in [2.75, 3.05) is 18.8 Å². The van der Waals surface area contributed by atoms with Gasteiger partial charge in [-0.15, -0.1) is 0 Å². The summed E-state index contributed by atoms with van der Waals surface area (Å²) in [5.74, 6) is 0.0889. The van der Waals surface area contributed by atoms with Crippen LogP contribution in [-0.4, -0.2) is 41.4 Å². The molecule has 0 saturated carbocycles. The molecule has 0 bridgehead atoms. The maximum Gasteiger partial charge on any atom is 0.243 e. The van der Waals surface area contributed by atoms with Gasteiger partial charge in [0.15, 0.2) is 0 Å². The van der Waals surface area contributed by atoms with Gasteiger partial charge in [0.1, 0.15) is 5.82 Å². The second-order valence-corrected chi connectivity index (χ2v) is 9.38. The summed E-state index contributed by atoms with van der Waals surface area (Å²) >= 11 is 1.74. The third kappa shape index (κ3) is 3.77. The zero-order valence-electron chi connectivity index (χ0n) is 12.2. The van der Waals surface area contributed by atoms with Gasteiger partial charge in [0.25, 0.3) is 0 Å². The number of thioether (sulfide) groups is 1. The fraction of sp³-hybridized carbons (Fsp3) is 0.571. The minimum absolute atomic E-state index is 0.0337. The number of rotatable bonds is 3. The topological polar surface area (TPSA) is 57.6 Å². The number of benzene rings is 1. The van der Waals surface area contributed by atoms with Gasteiger partial charge in [-0.25, -0.2) is 12.8 Å². The molecule has 0 aromatic heterocycles. The molecular weight excluding hydrogens is 313 g/mol. The first-order valence-corrected chi connectivity index (χ1v) is 9.22. The van der Waals surface area contributed by atoms with Crippen molar-refractivity contribution in [3.8, 4) is 0 Å². The quantitative estimate of drug-likeness (QED) is 0.921. The Balaban J connectivity index is 2.36. The van der Waals surface area contributed by atoms with E-state index in [0.717, 1.165) is 18.6 Å². The van der Waals surface area contributed by atoms with Crippen molar-refractivity contribution in [2.24, 2.45) is 0 Å². The van der Waals surface area contributed by atoms with Crippen LogP contribution in [0.3, 0.4) is 0 Å². The average molecular weight is 333 g/mol. The van der Waals surface area contributed by atoms with Crippen molar-refractivity contribution in [1.29, 1.82) is 0 Å². The van der Waals surface area contributed by atoms with Crippen molar-refractivity contribution >= 4 is 21.8 Å². The molecule has 2 rings (SSSR count). The second-order valence-electron chi connectivity index (χ2n) is 5.67. The fourth-order valence-electron chi connectivity index (χ4n) is 2.28. The van der Waals surface area contributed by atoms with Gasteiger partial charge < -0.3 is 5.11 Å². The van der Waals surface area contributed by atoms with E-state index in [9.17, 15) is 17.9 Å². The predicted molar refractivity (Wildman–Crippen MR) is 82.2 cm³/mol. The second kappa shape index (κ2) is 6.24. The molecule has 1 aliphatic heterocycles. The molecule has 0 amide bonds. The number of sulfonamides is 1. The van der Waals surface area contributed by atoms with Crippen molar-refractivity contribution in [2.45, 2.75) is 36.5 Å². The minimum atomic E-state index is -3.78. The first kappa shape index (κ1) is 16.7. The zero-order chi connectivity index (χ0) is 15.7. The van der Waals surface area contributed by atoms with Gasteiger partial charge in [0, 0.05) is 23.6 Å². The maximum absolute atomic E-state index is 13.4. The van der Waals surface area contributed by atoms with Crippen LogP contribution in [-0.2, 0) is 16.6 Å². The third-order valence-corrected chi connectivity index (χ3v) is 6.97. The van der Waals surface area contributed by atoms with Gasteiger partial charge in [0.05, 0.1) is 11.5 Å². The first-order valence-electron chi connectivity index (χ1n) is 6.80. The van der Waals surface area contributed by atoms with Crippen LogP contribution in [0.25, 0.3) is 0 Å². The van der Waals surface area contributed by atoms with E-state index in [1.165, 1.54) is 10.4 Å². The highest BCUT2D eigenvalue weighted by atomic mass is 32.2. The van der Waals surface area contributed by atoms with Crippen molar-refractivity contribution in [1.82, 2.24) is 4.31 Å². The number of nitrogens with zero attached hydrogens (tertiary/aromatic N) is 1. The van der Waals surface area contributed by atoms with Crippen LogP contribution in [0.1, 0.15) is 25.8 Å². The Hall–Kier alpha value is -0.630. The van der Waals surface area contributed by atoms with Crippen LogP contribution in [0.15, 0.2) is 23.1 Å². The smallest absolute Gasteiger partial charge is 0.243 e. The lowest BCUT2D eigenvalue weighted by atomic mass is 10.1. The standard InChI is InChI=1S/C14H20FNO3S2/c1-14(2)5-6-16(7-8-20-14)21(18,19)13-9-12(15)4-3-11(13)10-17/h3-4,9,17H,5-8,10H2,1-2H3. The SMILES string of the molecule is CC1(C)CCN(S(=O)(=O)c2cc(F)ccc2CO)CCS1. The number of hydrogen-bond acceptors (Lipinski definition) is 4. The Morgan fingerprint density at radius 3 is 2.76 bits per heavy atom. The van der Waals surface area contributed by atoms with Crippen LogP contribution >= 0.6 is 11.8 Å². The van der Waals surface area contributed by atoms with Gasteiger partial charge in [-0.3, -0.25) is 0 Å². The average Bonchev–Trinajstić information content (AvgIpc) is 2.60. The van der Waals surface area contributed by atoms with Crippen LogP contribution < -0.4 is 0 Å². The van der Waals surface area contributed by atoms with Gasteiger partial charge in [-0.05, 0) is 24.1 Å². The van der Waals surface area contributed by atoms with Crippen LogP contribution in [0.4, 0.5) is 4.39 Å². The Labute approximate surface area is 129 Å². The van der Waals surface area contributed by atoms with E-state index < -0.39 is 22.4 Å². The molecule has 0 aliphatic carbocycles. The van der Waals surface area contributed by atoms with E-state index in [1.54, 1.807) is 11.8 Å². The Morgan fingerprint density at radius 1 is 1.38 bits per heavy atom. The molecule has 7 heteroatoms. The molecule has 118 valence electrons. The first-order chi connectivity index (χ1) is 9.76. The van der Waals surface area contributed by atoms with Gasteiger partial charge in [-0.1, -0.05) is 19.9 Å². The summed E-state index contributed by atoms with van der Waals surface area (Å²) < 4.78 is 40.3. The predicted octanol–water partition coefficient (Wildman–Crippen LogP) is 2.22. The molecular formula is C14H20FNO3S2. The summed E-state index contributed by atoms with van der Waals surface area (Å²) in [5.41, 5.74) is 0.229. The van der Waals surface area contributed by atoms with E-state index in [2.05, 4.69) is 13.8 Å². The number of aliphatic hydroxyl groups is 1. The molecule has 1 aromatic carbocycles. The molecule has 4 nitrogen and oxygen atoms in total. The van der Waals surface area contributed by atoms with Crippen LogP contribution in [0.5, 0.6) is 0 Å². The highest BCUT2D eigenvalue weighted by molar-refractivity contribution is 8.00. The lowest BCUT2D eigenvalue weighted by Crippen LogP contribution is -2.34.